The number of nitrogens with zero attached hydrogens (tertiary/aromatic N) is 3. The van der Waals surface area contributed by atoms with Gasteiger partial charge in [0, 0.05) is 17.8 Å². The van der Waals surface area contributed by atoms with Crippen LogP contribution < -0.4 is 11.5 Å². The molecule has 20 heavy (non-hydrogen) atoms. The second-order valence-corrected chi connectivity index (χ2v) is 6.66. The summed E-state index contributed by atoms with van der Waals surface area (Å²) in [5.74, 6) is 1.71. The van der Waals surface area contributed by atoms with Crippen LogP contribution >= 0.6 is 22.6 Å². The minimum Gasteiger partial charge on any atom is -0.382 e. The quantitative estimate of drug-likeness (QED) is 0.793. The van der Waals surface area contributed by atoms with Crippen molar-refractivity contribution in [1.82, 2.24) is 14.4 Å². The lowest BCUT2D eigenvalue weighted by Gasteiger charge is -2.27. The molecule has 0 saturated heterocycles. The molecular formula is C14H20IN5. The smallest absolute Gasteiger partial charge is 0.150 e. The van der Waals surface area contributed by atoms with Crippen molar-refractivity contribution in [3.05, 3.63) is 21.9 Å². The molecule has 1 saturated carbocycles. The predicted octanol–water partition coefficient (Wildman–Crippen LogP) is 2.47. The van der Waals surface area contributed by atoms with Gasteiger partial charge < -0.3 is 11.5 Å². The van der Waals surface area contributed by atoms with Gasteiger partial charge in [-0.2, -0.15) is 0 Å². The molecule has 0 unspecified atom stereocenters. The lowest BCUT2D eigenvalue weighted by atomic mass is 9.80. The lowest BCUT2D eigenvalue weighted by Crippen LogP contribution is -2.26. The molecule has 108 valence electrons. The molecule has 2 heterocycles. The van der Waals surface area contributed by atoms with Crippen LogP contribution in [-0.2, 0) is 5.41 Å². The number of imidazole rings is 1. The first-order valence-electron chi connectivity index (χ1n) is 7.16. The Kier molecular flexibility index (Phi) is 3.85. The summed E-state index contributed by atoms with van der Waals surface area (Å²) in [4.78, 5) is 9.03. The Bertz CT molecular complexity index is 615. The SMILES string of the molecule is NCCCC1(c2nc(I)c3c(N)nccn23)CCCC1. The van der Waals surface area contributed by atoms with E-state index in [-0.39, 0.29) is 5.41 Å². The fraction of sp³-hybridized carbons (Fsp3) is 0.571. The van der Waals surface area contributed by atoms with E-state index < -0.39 is 0 Å². The topological polar surface area (TPSA) is 82.2 Å². The van der Waals surface area contributed by atoms with E-state index in [1.165, 1.54) is 25.7 Å². The van der Waals surface area contributed by atoms with Crippen molar-refractivity contribution in [2.75, 3.05) is 12.3 Å². The largest absolute Gasteiger partial charge is 0.382 e. The summed E-state index contributed by atoms with van der Waals surface area (Å²) in [6.07, 6.45) is 10.9. The highest BCUT2D eigenvalue weighted by atomic mass is 127. The molecule has 0 atom stereocenters. The normalized spacial score (nSPS) is 17.9. The van der Waals surface area contributed by atoms with Crippen LogP contribution in [0.1, 0.15) is 44.3 Å². The van der Waals surface area contributed by atoms with Crippen molar-refractivity contribution >= 4 is 33.9 Å². The maximum absolute atomic E-state index is 6.02. The van der Waals surface area contributed by atoms with E-state index in [0.29, 0.717) is 5.82 Å². The molecule has 4 N–H and O–H groups in total. The summed E-state index contributed by atoms with van der Waals surface area (Å²) in [5, 5.41) is 0. The number of nitrogens with two attached hydrogens (primary N) is 2. The van der Waals surface area contributed by atoms with E-state index in [1.807, 2.05) is 6.20 Å². The highest BCUT2D eigenvalue weighted by Crippen LogP contribution is 2.44. The average molecular weight is 385 g/mol. The van der Waals surface area contributed by atoms with Crippen LogP contribution in [-0.4, -0.2) is 20.9 Å². The van der Waals surface area contributed by atoms with Crippen LogP contribution in [0.5, 0.6) is 0 Å². The third-order valence-electron chi connectivity index (χ3n) is 4.43. The zero-order chi connectivity index (χ0) is 14.2. The highest BCUT2D eigenvalue weighted by molar-refractivity contribution is 14.1. The Morgan fingerprint density at radius 2 is 2.10 bits per heavy atom. The number of fused-ring (bicyclic) bond motifs is 1. The first-order chi connectivity index (χ1) is 9.68. The molecule has 2 aromatic heterocycles. The van der Waals surface area contributed by atoms with Gasteiger partial charge in [0.05, 0.1) is 0 Å². The molecule has 0 aliphatic heterocycles. The number of aromatic nitrogens is 3. The number of halogens is 1. The van der Waals surface area contributed by atoms with E-state index in [1.54, 1.807) is 6.20 Å². The molecule has 1 aliphatic carbocycles. The number of nitrogen functional groups attached to an aromatic ring is 1. The van der Waals surface area contributed by atoms with Gasteiger partial charge in [0.1, 0.15) is 15.0 Å². The van der Waals surface area contributed by atoms with Crippen molar-refractivity contribution in [2.45, 2.75) is 43.9 Å². The molecular weight excluding hydrogens is 365 g/mol. The van der Waals surface area contributed by atoms with Crippen molar-refractivity contribution in [3.8, 4) is 0 Å². The lowest BCUT2D eigenvalue weighted by molar-refractivity contribution is 0.371. The van der Waals surface area contributed by atoms with Gasteiger partial charge in [-0.3, -0.25) is 4.40 Å². The minimum atomic E-state index is 0.166. The molecule has 3 rings (SSSR count). The zero-order valence-corrected chi connectivity index (χ0v) is 13.6. The Hall–Kier alpha value is -0.890. The van der Waals surface area contributed by atoms with Crippen LogP contribution in [0.4, 0.5) is 5.82 Å². The fourth-order valence-corrected chi connectivity index (χ4v) is 4.24. The molecule has 0 spiro atoms. The standard InChI is InChI=1S/C14H20IN5/c15-11-10-12(17)18-8-9-20(10)13(19-11)14(6-3-7-16)4-1-2-5-14/h8-9H,1-7,16H2,(H2,17,18). The molecule has 5 nitrogen and oxygen atoms in total. The minimum absolute atomic E-state index is 0.166. The fourth-order valence-electron chi connectivity index (χ4n) is 3.47. The molecule has 0 bridgehead atoms. The Balaban J connectivity index is 2.14. The molecule has 1 fully saturated rings. The highest BCUT2D eigenvalue weighted by Gasteiger charge is 2.39. The van der Waals surface area contributed by atoms with Crippen molar-refractivity contribution in [1.29, 1.82) is 0 Å². The maximum atomic E-state index is 6.02. The Morgan fingerprint density at radius 3 is 2.80 bits per heavy atom. The summed E-state index contributed by atoms with van der Waals surface area (Å²) in [6.45, 7) is 0.742. The van der Waals surface area contributed by atoms with Crippen LogP contribution in [0.2, 0.25) is 0 Å². The van der Waals surface area contributed by atoms with E-state index in [4.69, 9.17) is 16.5 Å². The second kappa shape index (κ2) is 5.48. The van der Waals surface area contributed by atoms with Gasteiger partial charge in [-0.25, -0.2) is 9.97 Å². The third-order valence-corrected chi connectivity index (χ3v) is 5.19. The monoisotopic (exact) mass is 385 g/mol. The van der Waals surface area contributed by atoms with Crippen LogP contribution in [0.3, 0.4) is 0 Å². The zero-order valence-electron chi connectivity index (χ0n) is 11.5. The summed E-state index contributed by atoms with van der Waals surface area (Å²) in [5.41, 5.74) is 12.9. The van der Waals surface area contributed by atoms with Gasteiger partial charge >= 0.3 is 0 Å². The van der Waals surface area contributed by atoms with E-state index in [2.05, 4.69) is 32.0 Å². The van der Waals surface area contributed by atoms with E-state index in [0.717, 1.165) is 34.4 Å². The van der Waals surface area contributed by atoms with Gasteiger partial charge in [0.2, 0.25) is 0 Å². The molecule has 0 radical (unpaired) electrons. The molecule has 0 aromatic carbocycles. The summed E-state index contributed by atoms with van der Waals surface area (Å²) >= 11 is 2.26. The summed E-state index contributed by atoms with van der Waals surface area (Å²) in [6, 6.07) is 0. The van der Waals surface area contributed by atoms with Gasteiger partial charge in [-0.1, -0.05) is 12.8 Å². The van der Waals surface area contributed by atoms with Crippen LogP contribution in [0, 0.1) is 3.70 Å². The summed E-state index contributed by atoms with van der Waals surface area (Å²) < 4.78 is 3.09. The molecule has 0 amide bonds. The first-order valence-corrected chi connectivity index (χ1v) is 8.24. The van der Waals surface area contributed by atoms with Crippen molar-refractivity contribution in [3.63, 3.8) is 0 Å². The van der Waals surface area contributed by atoms with Crippen LogP contribution in [0.25, 0.3) is 5.52 Å². The molecule has 6 heteroatoms. The third kappa shape index (κ3) is 2.18. The number of anilines is 1. The van der Waals surface area contributed by atoms with Gasteiger partial charge in [0.15, 0.2) is 5.82 Å². The second-order valence-electron chi connectivity index (χ2n) is 5.64. The maximum Gasteiger partial charge on any atom is 0.150 e. The van der Waals surface area contributed by atoms with E-state index in [9.17, 15) is 0 Å². The van der Waals surface area contributed by atoms with E-state index >= 15 is 0 Å². The number of rotatable bonds is 4. The molecule has 1 aliphatic rings. The van der Waals surface area contributed by atoms with Gasteiger partial charge in [-0.05, 0) is 54.8 Å². The summed E-state index contributed by atoms with van der Waals surface area (Å²) in [7, 11) is 0. The average Bonchev–Trinajstić information content (AvgIpc) is 3.03. The van der Waals surface area contributed by atoms with Gasteiger partial charge in [-0.15, -0.1) is 0 Å². The first kappa shape index (κ1) is 14.1. The molecule has 2 aromatic rings. The van der Waals surface area contributed by atoms with Crippen molar-refractivity contribution < 1.29 is 0 Å². The van der Waals surface area contributed by atoms with Gasteiger partial charge in [0.25, 0.3) is 0 Å². The number of hydrogen-bond acceptors (Lipinski definition) is 4. The van der Waals surface area contributed by atoms with Crippen molar-refractivity contribution in [2.24, 2.45) is 5.73 Å². The number of hydrogen-bond donors (Lipinski definition) is 2. The van der Waals surface area contributed by atoms with Crippen LogP contribution in [0.15, 0.2) is 12.4 Å². The Morgan fingerprint density at radius 1 is 1.35 bits per heavy atom. The Labute approximate surface area is 132 Å². The predicted molar refractivity (Wildman–Crippen MR) is 88.6 cm³/mol.